The molecule has 0 bridgehead atoms. The fraction of sp³-hybridized carbons (Fsp3) is 0.100. The Morgan fingerprint density at radius 2 is 0.971 bits per heavy atom. The molecule has 2 N–H and O–H groups in total. The molecule has 5 heteroatoms. The number of rotatable bonds is 0. The Labute approximate surface area is 217 Å². The summed E-state index contributed by atoms with van der Waals surface area (Å²) in [4.78, 5) is 16.7. The van der Waals surface area contributed by atoms with Gasteiger partial charge >= 0.3 is 31.2 Å². The molecular weight excluding hydrogens is 472 g/mol. The Hall–Kier alpha value is -3.60. The summed E-state index contributed by atoms with van der Waals surface area (Å²) in [6.45, 7) is 1.50. The fourth-order valence-electron chi connectivity index (χ4n) is 4.00. The smallest absolute Gasteiger partial charge is 0.290 e. The average Bonchev–Trinajstić information content (AvgIpc) is 3.44. The zero-order valence-electron chi connectivity index (χ0n) is 19.4. The van der Waals surface area contributed by atoms with E-state index in [2.05, 4.69) is 84.9 Å². The van der Waals surface area contributed by atoms with E-state index in [0.717, 1.165) is 12.8 Å². The van der Waals surface area contributed by atoms with Crippen LogP contribution in [0.1, 0.15) is 29.2 Å². The van der Waals surface area contributed by atoms with Gasteiger partial charge in [0.15, 0.2) is 0 Å². The summed E-state index contributed by atoms with van der Waals surface area (Å²) in [7, 11) is 0. The van der Waals surface area contributed by atoms with Gasteiger partial charge in [0.25, 0.3) is 12.9 Å². The first kappa shape index (κ1) is 27.6. The molecule has 0 spiro atoms. The van der Waals surface area contributed by atoms with E-state index in [1.54, 1.807) is 0 Å². The second kappa shape index (κ2) is 15.3. The van der Waals surface area contributed by atoms with Gasteiger partial charge in [0.1, 0.15) is 0 Å². The predicted octanol–water partition coefficient (Wildman–Crippen LogP) is 5.87. The van der Waals surface area contributed by atoms with Crippen LogP contribution >= 0.6 is 0 Å². The van der Waals surface area contributed by atoms with E-state index in [0.29, 0.717) is 0 Å². The molecule has 6 rings (SSSR count). The van der Waals surface area contributed by atoms with E-state index >= 15 is 0 Å². The van der Waals surface area contributed by atoms with Crippen LogP contribution in [-0.4, -0.2) is 27.5 Å². The molecule has 2 aliphatic carbocycles. The molecule has 4 nitrogen and oxygen atoms in total. The topological polar surface area (TPSA) is 74.6 Å². The largest absolute Gasteiger partial charge is 0.483 e. The Balaban J connectivity index is 0.000000186. The third-order valence-electron chi connectivity index (χ3n) is 5.23. The Morgan fingerprint density at radius 1 is 0.657 bits per heavy atom. The summed E-state index contributed by atoms with van der Waals surface area (Å²) in [5.41, 5.74) is 11.0. The van der Waals surface area contributed by atoms with Crippen molar-refractivity contribution in [2.75, 3.05) is 0 Å². The molecule has 4 aromatic carbocycles. The van der Waals surface area contributed by atoms with Crippen LogP contribution in [0.4, 0.5) is 0 Å². The molecule has 0 aromatic heterocycles. The molecule has 174 valence electrons. The SMILES string of the molecule is C[CH]=[Ti+2].O=CO.O=CO.[c-]1cccc2c1Cc1ccccc1-2.[c-]1cccc2c1Cc1ccccc1-2. The number of fused-ring (bicyclic) bond motifs is 6. The number of benzene rings is 4. The molecule has 0 radical (unpaired) electrons. The Morgan fingerprint density at radius 3 is 1.34 bits per heavy atom. The van der Waals surface area contributed by atoms with Gasteiger partial charge in [-0.3, -0.25) is 9.59 Å². The molecule has 0 aliphatic heterocycles. The van der Waals surface area contributed by atoms with Gasteiger partial charge in [0.05, 0.1) is 0 Å². The van der Waals surface area contributed by atoms with Crippen molar-refractivity contribution in [2.45, 2.75) is 19.8 Å². The summed E-state index contributed by atoms with van der Waals surface area (Å²) in [5, 5.41) is 13.8. The van der Waals surface area contributed by atoms with E-state index in [1.165, 1.54) is 44.5 Å². The number of carboxylic acid groups (broad SMARTS) is 2. The minimum absolute atomic E-state index is 0.250. The normalized spacial score (nSPS) is 10.3. The van der Waals surface area contributed by atoms with Crippen LogP contribution in [0.5, 0.6) is 0 Å². The maximum atomic E-state index is 8.36. The average molecular weight is 498 g/mol. The van der Waals surface area contributed by atoms with E-state index in [4.69, 9.17) is 19.8 Å². The van der Waals surface area contributed by atoms with Gasteiger partial charge < -0.3 is 10.2 Å². The van der Waals surface area contributed by atoms with Crippen LogP contribution in [0, 0.1) is 12.1 Å². The van der Waals surface area contributed by atoms with Gasteiger partial charge in [-0.15, -0.1) is 11.1 Å². The van der Waals surface area contributed by atoms with Crippen LogP contribution in [0.3, 0.4) is 0 Å². The fourth-order valence-corrected chi connectivity index (χ4v) is 4.00. The van der Waals surface area contributed by atoms with Gasteiger partial charge in [0.2, 0.25) is 0 Å². The van der Waals surface area contributed by atoms with Crippen molar-refractivity contribution >= 4 is 17.3 Å². The Kier molecular flexibility index (Phi) is 12.1. The zero-order valence-corrected chi connectivity index (χ0v) is 21.0. The second-order valence-corrected chi connectivity index (χ2v) is 8.19. The van der Waals surface area contributed by atoms with Crippen LogP contribution in [0.25, 0.3) is 22.3 Å². The van der Waals surface area contributed by atoms with Gasteiger partial charge in [-0.05, 0) is 12.8 Å². The first-order valence-electron chi connectivity index (χ1n) is 10.9. The minimum Gasteiger partial charge on any atom is -0.483 e. The molecule has 0 atom stereocenters. The van der Waals surface area contributed by atoms with Crippen LogP contribution in [-0.2, 0) is 42.4 Å². The summed E-state index contributed by atoms with van der Waals surface area (Å²) in [6.07, 6.45) is 2.10. The van der Waals surface area contributed by atoms with Gasteiger partial charge in [-0.2, -0.15) is 59.7 Å². The molecule has 0 saturated heterocycles. The minimum atomic E-state index is -0.250. The molecule has 4 aromatic rings. The van der Waals surface area contributed by atoms with Crippen LogP contribution < -0.4 is 0 Å². The molecule has 2 aliphatic rings. The van der Waals surface area contributed by atoms with Gasteiger partial charge in [-0.25, -0.2) is 0 Å². The maximum absolute atomic E-state index is 8.36. The van der Waals surface area contributed by atoms with Crippen molar-refractivity contribution in [1.82, 2.24) is 0 Å². The number of hydrogen-bond donors (Lipinski definition) is 2. The summed E-state index contributed by atoms with van der Waals surface area (Å²) in [6, 6.07) is 36.2. The van der Waals surface area contributed by atoms with E-state index in [9.17, 15) is 0 Å². The molecule has 0 amide bonds. The van der Waals surface area contributed by atoms with E-state index in [-0.39, 0.29) is 12.9 Å². The van der Waals surface area contributed by atoms with Crippen molar-refractivity contribution in [2.24, 2.45) is 0 Å². The first-order valence-corrected chi connectivity index (χ1v) is 11.8. The summed E-state index contributed by atoms with van der Waals surface area (Å²) in [5.74, 6) is 0. The maximum Gasteiger partial charge on any atom is 0.290 e. The molecule has 35 heavy (non-hydrogen) atoms. The van der Waals surface area contributed by atoms with Crippen LogP contribution in [0.15, 0.2) is 84.9 Å². The van der Waals surface area contributed by atoms with Crippen LogP contribution in [0.2, 0.25) is 0 Å². The quantitative estimate of drug-likeness (QED) is 0.156. The standard InChI is InChI=1S/2C13H9.C2H4.2CH2O2.Ti/c2*1-3-7-12-10(5-1)9-11-6-2-4-8-13(11)12;1-2;2*2-1-3;/h2*1-5,7-8H,9H2;1H,2H3;2*1H,(H,2,3);/q2*-1;;;;+2. The van der Waals surface area contributed by atoms with Crippen molar-refractivity contribution in [1.29, 1.82) is 0 Å². The number of hydrogen-bond acceptors (Lipinski definition) is 2. The molecule has 0 unspecified atom stereocenters. The summed E-state index contributed by atoms with van der Waals surface area (Å²) >= 11 is 2.00. The predicted molar refractivity (Wildman–Crippen MR) is 136 cm³/mol. The van der Waals surface area contributed by atoms with Crippen molar-refractivity contribution in [3.05, 3.63) is 119 Å². The first-order chi connectivity index (χ1) is 17.1. The Bertz CT molecular complexity index is 1060. The van der Waals surface area contributed by atoms with E-state index in [1.807, 2.05) is 43.3 Å². The molecular formula is C30H26O4Ti. The molecule has 0 heterocycles. The van der Waals surface area contributed by atoms with Crippen molar-refractivity contribution in [3.8, 4) is 22.3 Å². The number of carbonyl (C=O) groups is 2. The van der Waals surface area contributed by atoms with Crippen molar-refractivity contribution in [3.63, 3.8) is 0 Å². The monoisotopic (exact) mass is 498 g/mol. The van der Waals surface area contributed by atoms with Gasteiger partial charge in [0, 0.05) is 0 Å². The molecule has 0 fully saturated rings. The summed E-state index contributed by atoms with van der Waals surface area (Å²) < 4.78 is 2.00. The second-order valence-electron chi connectivity index (χ2n) is 7.29. The van der Waals surface area contributed by atoms with Gasteiger partial charge in [-0.1, -0.05) is 70.8 Å². The van der Waals surface area contributed by atoms with Crippen molar-refractivity contribution < 1.29 is 39.8 Å². The third-order valence-corrected chi connectivity index (χ3v) is 5.23. The zero-order chi connectivity index (χ0) is 25.5. The van der Waals surface area contributed by atoms with E-state index < -0.39 is 0 Å². The molecule has 0 saturated carbocycles. The third kappa shape index (κ3) is 7.71.